The highest BCUT2D eigenvalue weighted by molar-refractivity contribution is 6.02. The van der Waals surface area contributed by atoms with Gasteiger partial charge in [0.05, 0.1) is 5.52 Å². The molecule has 1 aliphatic rings. The monoisotopic (exact) mass is 241 g/mol. The number of carboxylic acids is 1. The zero-order valence-corrected chi connectivity index (χ0v) is 9.59. The summed E-state index contributed by atoms with van der Waals surface area (Å²) < 4.78 is 0. The Morgan fingerprint density at radius 1 is 1.28 bits per heavy atom. The van der Waals surface area contributed by atoms with Gasteiger partial charge in [-0.15, -0.1) is 0 Å². The highest BCUT2D eigenvalue weighted by Crippen LogP contribution is 2.42. The Labute approximate surface area is 103 Å². The first-order chi connectivity index (χ1) is 8.62. The van der Waals surface area contributed by atoms with Gasteiger partial charge in [0.25, 0.3) is 0 Å². The number of pyridine rings is 1. The van der Waals surface area contributed by atoms with Crippen molar-refractivity contribution >= 4 is 22.7 Å². The molecule has 90 valence electrons. The second-order valence-corrected chi connectivity index (χ2v) is 4.69. The average molecular weight is 241 g/mol. The average Bonchev–Trinajstić information content (AvgIpc) is 2.34. The van der Waals surface area contributed by atoms with Crippen molar-refractivity contribution in [3.8, 4) is 0 Å². The molecule has 0 unspecified atom stereocenters. The van der Waals surface area contributed by atoms with E-state index in [4.69, 9.17) is 0 Å². The number of ketones is 1. The van der Waals surface area contributed by atoms with Gasteiger partial charge < -0.3 is 5.11 Å². The quantitative estimate of drug-likeness (QED) is 0.872. The van der Waals surface area contributed by atoms with Gasteiger partial charge in [-0.2, -0.15) is 0 Å². The van der Waals surface area contributed by atoms with Gasteiger partial charge in [-0.05, 0) is 17.7 Å². The van der Waals surface area contributed by atoms with Crippen molar-refractivity contribution in [1.82, 2.24) is 4.98 Å². The molecule has 3 rings (SSSR count). The third-order valence-electron chi connectivity index (χ3n) is 3.57. The molecule has 1 N–H and O–H groups in total. The lowest BCUT2D eigenvalue weighted by Gasteiger charge is -2.36. The van der Waals surface area contributed by atoms with E-state index in [-0.39, 0.29) is 18.6 Å². The third kappa shape index (κ3) is 1.42. The molecule has 1 fully saturated rings. The van der Waals surface area contributed by atoms with E-state index < -0.39 is 11.4 Å². The number of aliphatic carboxylic acids is 1. The second kappa shape index (κ2) is 3.63. The van der Waals surface area contributed by atoms with Crippen molar-refractivity contribution in [1.29, 1.82) is 0 Å². The molecule has 1 aliphatic carbocycles. The first kappa shape index (κ1) is 10.9. The topological polar surface area (TPSA) is 67.3 Å². The molecule has 0 radical (unpaired) electrons. The van der Waals surface area contributed by atoms with E-state index >= 15 is 0 Å². The number of fused-ring (bicyclic) bond motifs is 1. The summed E-state index contributed by atoms with van der Waals surface area (Å²) in [7, 11) is 0. The summed E-state index contributed by atoms with van der Waals surface area (Å²) in [6, 6.07) is 9.17. The van der Waals surface area contributed by atoms with Crippen molar-refractivity contribution in [2.24, 2.45) is 0 Å². The van der Waals surface area contributed by atoms with Gasteiger partial charge in [0, 0.05) is 24.4 Å². The minimum atomic E-state index is -1.04. The molecule has 1 heterocycles. The summed E-state index contributed by atoms with van der Waals surface area (Å²) >= 11 is 0. The van der Waals surface area contributed by atoms with Crippen LogP contribution in [0.4, 0.5) is 0 Å². The zero-order chi connectivity index (χ0) is 12.8. The largest absolute Gasteiger partial charge is 0.481 e. The Balaban J connectivity index is 2.13. The number of rotatable bonds is 2. The molecule has 18 heavy (non-hydrogen) atoms. The standard InChI is InChI=1S/C14H11NO3/c16-11-7-14(8-11,13(17)18)10-4-3-9-2-1-5-15-12(9)6-10/h1-6H,7-8H2,(H,17,18). The van der Waals surface area contributed by atoms with Crippen molar-refractivity contribution < 1.29 is 14.7 Å². The Bertz CT molecular complexity index is 655. The van der Waals surface area contributed by atoms with Crippen molar-refractivity contribution in [3.63, 3.8) is 0 Å². The van der Waals surface area contributed by atoms with Gasteiger partial charge in [0.1, 0.15) is 11.2 Å². The van der Waals surface area contributed by atoms with Crippen LogP contribution in [0.2, 0.25) is 0 Å². The van der Waals surface area contributed by atoms with E-state index in [0.717, 1.165) is 10.9 Å². The molecular weight excluding hydrogens is 230 g/mol. The van der Waals surface area contributed by atoms with Crippen LogP contribution in [0.15, 0.2) is 36.5 Å². The lowest BCUT2D eigenvalue weighted by atomic mass is 9.63. The number of nitrogens with zero attached hydrogens (tertiary/aromatic N) is 1. The highest BCUT2D eigenvalue weighted by atomic mass is 16.4. The number of hydrogen-bond acceptors (Lipinski definition) is 3. The van der Waals surface area contributed by atoms with Gasteiger partial charge in [0.15, 0.2) is 0 Å². The van der Waals surface area contributed by atoms with E-state index in [2.05, 4.69) is 4.98 Å². The van der Waals surface area contributed by atoms with E-state index in [0.29, 0.717) is 5.56 Å². The molecule has 0 amide bonds. The molecule has 4 heteroatoms. The molecule has 1 aromatic carbocycles. The van der Waals surface area contributed by atoms with Crippen molar-refractivity contribution in [2.75, 3.05) is 0 Å². The first-order valence-electron chi connectivity index (χ1n) is 5.72. The summed E-state index contributed by atoms with van der Waals surface area (Å²) in [4.78, 5) is 26.8. The fourth-order valence-corrected chi connectivity index (χ4v) is 2.46. The van der Waals surface area contributed by atoms with Crippen LogP contribution in [0.1, 0.15) is 18.4 Å². The molecule has 1 saturated carbocycles. The maximum absolute atomic E-state index is 11.4. The van der Waals surface area contributed by atoms with Crippen LogP contribution in [0, 0.1) is 0 Å². The molecule has 0 atom stereocenters. The number of aromatic nitrogens is 1. The lowest BCUT2D eigenvalue weighted by Crippen LogP contribution is -2.48. The van der Waals surface area contributed by atoms with E-state index in [9.17, 15) is 14.7 Å². The van der Waals surface area contributed by atoms with Gasteiger partial charge in [-0.3, -0.25) is 14.6 Å². The molecule has 1 aromatic heterocycles. The Morgan fingerprint density at radius 3 is 2.72 bits per heavy atom. The lowest BCUT2D eigenvalue weighted by molar-refractivity contribution is -0.153. The third-order valence-corrected chi connectivity index (χ3v) is 3.57. The van der Waals surface area contributed by atoms with Gasteiger partial charge >= 0.3 is 5.97 Å². The summed E-state index contributed by atoms with van der Waals surface area (Å²) in [6.45, 7) is 0. The summed E-state index contributed by atoms with van der Waals surface area (Å²) in [5.74, 6) is -0.934. The molecule has 0 bridgehead atoms. The van der Waals surface area contributed by atoms with Gasteiger partial charge in [-0.25, -0.2) is 0 Å². The first-order valence-corrected chi connectivity index (χ1v) is 5.72. The maximum Gasteiger partial charge on any atom is 0.315 e. The smallest absolute Gasteiger partial charge is 0.315 e. The van der Waals surface area contributed by atoms with Gasteiger partial charge in [-0.1, -0.05) is 18.2 Å². The van der Waals surface area contributed by atoms with Crippen LogP contribution in [0.25, 0.3) is 10.9 Å². The highest BCUT2D eigenvalue weighted by Gasteiger charge is 2.51. The number of carbonyl (C=O) groups excluding carboxylic acids is 1. The molecule has 0 aliphatic heterocycles. The van der Waals surface area contributed by atoms with E-state index in [1.54, 1.807) is 18.3 Å². The number of hydrogen-bond donors (Lipinski definition) is 1. The Morgan fingerprint density at radius 2 is 2.06 bits per heavy atom. The Hall–Kier alpha value is -2.23. The number of benzene rings is 1. The summed E-state index contributed by atoms with van der Waals surface area (Å²) in [5.41, 5.74) is 0.388. The SMILES string of the molecule is O=C1CC(C(=O)O)(c2ccc3cccnc3c2)C1. The maximum atomic E-state index is 11.4. The van der Waals surface area contributed by atoms with Crippen molar-refractivity contribution in [2.45, 2.75) is 18.3 Å². The minimum absolute atomic E-state index is 0.00137. The molecule has 4 nitrogen and oxygen atoms in total. The number of carbonyl (C=O) groups is 2. The van der Waals surface area contributed by atoms with Crippen LogP contribution in [0.3, 0.4) is 0 Å². The van der Waals surface area contributed by atoms with Crippen LogP contribution < -0.4 is 0 Å². The van der Waals surface area contributed by atoms with E-state index in [1.165, 1.54) is 0 Å². The second-order valence-electron chi connectivity index (χ2n) is 4.69. The summed E-state index contributed by atoms with van der Waals surface area (Å²) in [6.07, 6.45) is 1.84. The van der Waals surface area contributed by atoms with Crippen molar-refractivity contribution in [3.05, 3.63) is 42.1 Å². The van der Waals surface area contributed by atoms with Gasteiger partial charge in [0.2, 0.25) is 0 Å². The molecule has 0 spiro atoms. The predicted molar refractivity (Wildman–Crippen MR) is 65.3 cm³/mol. The predicted octanol–water partition coefficient (Wildman–Crippen LogP) is 1.92. The summed E-state index contributed by atoms with van der Waals surface area (Å²) in [5, 5.41) is 10.3. The van der Waals surface area contributed by atoms with Crippen LogP contribution in [-0.4, -0.2) is 21.8 Å². The molecular formula is C14H11NO3. The minimum Gasteiger partial charge on any atom is -0.481 e. The number of carboxylic acid groups (broad SMARTS) is 1. The fourth-order valence-electron chi connectivity index (χ4n) is 2.46. The Kier molecular flexibility index (Phi) is 2.20. The number of Topliss-reactive ketones (excluding diaryl/α,β-unsaturated/α-hetero) is 1. The molecule has 2 aromatic rings. The fraction of sp³-hybridized carbons (Fsp3) is 0.214. The molecule has 0 saturated heterocycles. The van der Waals surface area contributed by atoms with Crippen LogP contribution in [0.5, 0.6) is 0 Å². The van der Waals surface area contributed by atoms with Crippen LogP contribution in [-0.2, 0) is 15.0 Å². The van der Waals surface area contributed by atoms with Crippen LogP contribution >= 0.6 is 0 Å². The zero-order valence-electron chi connectivity index (χ0n) is 9.59. The normalized spacial score (nSPS) is 17.4. The van der Waals surface area contributed by atoms with E-state index in [1.807, 2.05) is 18.2 Å².